The topological polar surface area (TPSA) is 41.6 Å². The number of hydrogen-bond donors (Lipinski definition) is 1. The Balaban J connectivity index is 2.61. The molecule has 1 amide bonds. The van der Waals surface area contributed by atoms with Crippen molar-refractivity contribution in [3.05, 3.63) is 24.3 Å². The molecule has 0 atom stereocenters. The summed E-state index contributed by atoms with van der Waals surface area (Å²) in [7, 11) is 5.22. The highest BCUT2D eigenvalue weighted by Gasteiger charge is 2.06. The zero-order valence-electron chi connectivity index (χ0n) is 9.28. The maximum atomic E-state index is 11.3. The molecular formula is C11H16N2O2. The molecule has 0 aliphatic rings. The summed E-state index contributed by atoms with van der Waals surface area (Å²) in [6.07, 6.45) is 0. The molecule has 0 unspecified atom stereocenters. The van der Waals surface area contributed by atoms with Crippen LogP contribution in [0.4, 0.5) is 5.69 Å². The number of ether oxygens (including phenoxy) is 1. The van der Waals surface area contributed by atoms with Gasteiger partial charge in [0.25, 0.3) is 5.91 Å². The maximum absolute atomic E-state index is 11.3. The highest BCUT2D eigenvalue weighted by Crippen LogP contribution is 2.22. The minimum atomic E-state index is -0.0547. The van der Waals surface area contributed by atoms with E-state index in [2.05, 4.69) is 5.32 Å². The fraction of sp³-hybridized carbons (Fsp3) is 0.364. The lowest BCUT2D eigenvalue weighted by molar-refractivity contribution is -0.130. The summed E-state index contributed by atoms with van der Waals surface area (Å²) >= 11 is 0. The zero-order valence-corrected chi connectivity index (χ0v) is 9.28. The van der Waals surface area contributed by atoms with Crippen LogP contribution < -0.4 is 10.1 Å². The predicted octanol–water partition coefficient (Wildman–Crippen LogP) is 1.20. The molecule has 0 aliphatic carbocycles. The van der Waals surface area contributed by atoms with Gasteiger partial charge in [-0.25, -0.2) is 0 Å². The lowest BCUT2D eigenvalue weighted by Crippen LogP contribution is -2.27. The Morgan fingerprint density at radius 1 is 1.40 bits per heavy atom. The summed E-state index contributed by atoms with van der Waals surface area (Å²) in [5.74, 6) is 0.635. The van der Waals surface area contributed by atoms with Crippen molar-refractivity contribution >= 4 is 11.6 Å². The first kappa shape index (κ1) is 11.4. The van der Waals surface area contributed by atoms with Crippen molar-refractivity contribution in [1.82, 2.24) is 4.90 Å². The van der Waals surface area contributed by atoms with Gasteiger partial charge in [0.15, 0.2) is 6.61 Å². The highest BCUT2D eigenvalue weighted by atomic mass is 16.5. The summed E-state index contributed by atoms with van der Waals surface area (Å²) in [6, 6.07) is 7.51. The fourth-order valence-electron chi connectivity index (χ4n) is 1.07. The number of benzene rings is 1. The molecule has 4 nitrogen and oxygen atoms in total. The molecule has 0 radical (unpaired) electrons. The van der Waals surface area contributed by atoms with Crippen LogP contribution in [0.2, 0.25) is 0 Å². The van der Waals surface area contributed by atoms with Crippen LogP contribution in [-0.4, -0.2) is 38.6 Å². The third-order valence-corrected chi connectivity index (χ3v) is 2.01. The average Bonchev–Trinajstić information content (AvgIpc) is 2.26. The van der Waals surface area contributed by atoms with E-state index in [0.717, 1.165) is 5.69 Å². The largest absolute Gasteiger partial charge is 0.482 e. The second kappa shape index (κ2) is 5.24. The van der Waals surface area contributed by atoms with Crippen molar-refractivity contribution in [1.29, 1.82) is 0 Å². The minimum Gasteiger partial charge on any atom is -0.482 e. The van der Waals surface area contributed by atoms with Crippen molar-refractivity contribution in [3.63, 3.8) is 0 Å². The predicted molar refractivity (Wildman–Crippen MR) is 60.2 cm³/mol. The number of carbonyl (C=O) groups excluding carboxylic acids is 1. The SMILES string of the molecule is CNc1ccccc1OCC(=O)N(C)C. The second-order valence-electron chi connectivity index (χ2n) is 3.32. The molecule has 0 spiro atoms. The van der Waals surface area contributed by atoms with Crippen LogP contribution in [0.15, 0.2) is 24.3 Å². The summed E-state index contributed by atoms with van der Waals surface area (Å²) in [6.45, 7) is 0.0612. The molecule has 0 saturated carbocycles. The summed E-state index contributed by atoms with van der Waals surface area (Å²) < 4.78 is 5.40. The first-order valence-corrected chi connectivity index (χ1v) is 4.75. The van der Waals surface area contributed by atoms with Gasteiger partial charge in [0.1, 0.15) is 5.75 Å². The van der Waals surface area contributed by atoms with Gasteiger partial charge in [0, 0.05) is 21.1 Å². The molecule has 0 saturated heterocycles. The smallest absolute Gasteiger partial charge is 0.259 e. The third kappa shape index (κ3) is 3.16. The molecular weight excluding hydrogens is 192 g/mol. The van der Waals surface area contributed by atoms with Crippen molar-refractivity contribution < 1.29 is 9.53 Å². The molecule has 0 fully saturated rings. The van der Waals surface area contributed by atoms with Gasteiger partial charge in [-0.05, 0) is 12.1 Å². The highest BCUT2D eigenvalue weighted by molar-refractivity contribution is 5.77. The molecule has 0 aliphatic heterocycles. The van der Waals surface area contributed by atoms with Gasteiger partial charge in [0.05, 0.1) is 5.69 Å². The molecule has 1 N–H and O–H groups in total. The van der Waals surface area contributed by atoms with E-state index >= 15 is 0 Å². The first-order valence-electron chi connectivity index (χ1n) is 4.75. The van der Waals surface area contributed by atoms with Gasteiger partial charge in [-0.3, -0.25) is 4.79 Å². The Morgan fingerprint density at radius 3 is 2.67 bits per heavy atom. The van der Waals surface area contributed by atoms with Gasteiger partial charge in [0.2, 0.25) is 0 Å². The van der Waals surface area contributed by atoms with E-state index in [0.29, 0.717) is 5.75 Å². The van der Waals surface area contributed by atoms with Crippen molar-refractivity contribution in [2.45, 2.75) is 0 Å². The lowest BCUT2D eigenvalue weighted by Gasteiger charge is -2.13. The second-order valence-corrected chi connectivity index (χ2v) is 3.32. The number of para-hydroxylation sites is 2. The van der Waals surface area contributed by atoms with Gasteiger partial charge >= 0.3 is 0 Å². The Labute approximate surface area is 89.8 Å². The van der Waals surface area contributed by atoms with E-state index < -0.39 is 0 Å². The Morgan fingerprint density at radius 2 is 2.07 bits per heavy atom. The summed E-state index contributed by atoms with van der Waals surface area (Å²) in [5.41, 5.74) is 0.879. The Hall–Kier alpha value is -1.71. The number of amides is 1. The van der Waals surface area contributed by atoms with E-state index in [4.69, 9.17) is 4.74 Å². The molecule has 1 rings (SSSR count). The Kier molecular flexibility index (Phi) is 3.97. The van der Waals surface area contributed by atoms with Crippen LogP contribution in [0.1, 0.15) is 0 Å². The molecule has 1 aromatic rings. The number of hydrogen-bond acceptors (Lipinski definition) is 3. The monoisotopic (exact) mass is 208 g/mol. The number of carbonyl (C=O) groups is 1. The summed E-state index contributed by atoms with van der Waals surface area (Å²) in [5, 5.41) is 3.00. The molecule has 0 bridgehead atoms. The molecule has 82 valence electrons. The number of anilines is 1. The van der Waals surface area contributed by atoms with E-state index in [1.807, 2.05) is 31.3 Å². The molecule has 0 heterocycles. The van der Waals surface area contributed by atoms with Gasteiger partial charge in [-0.2, -0.15) is 0 Å². The van der Waals surface area contributed by atoms with Crippen molar-refractivity contribution in [2.24, 2.45) is 0 Å². The van der Waals surface area contributed by atoms with Crippen LogP contribution in [0.3, 0.4) is 0 Å². The van der Waals surface area contributed by atoms with E-state index in [1.165, 1.54) is 4.90 Å². The summed E-state index contributed by atoms with van der Waals surface area (Å²) in [4.78, 5) is 12.8. The number of rotatable bonds is 4. The standard InChI is InChI=1S/C11H16N2O2/c1-12-9-6-4-5-7-10(9)15-8-11(14)13(2)3/h4-7,12H,8H2,1-3H3. The first-order chi connectivity index (χ1) is 7.15. The quantitative estimate of drug-likeness (QED) is 0.808. The number of nitrogens with one attached hydrogen (secondary N) is 1. The number of nitrogens with zero attached hydrogens (tertiary/aromatic N) is 1. The Bertz CT molecular complexity index is 337. The van der Waals surface area contributed by atoms with Crippen LogP contribution in [-0.2, 0) is 4.79 Å². The molecule has 4 heteroatoms. The van der Waals surface area contributed by atoms with Crippen molar-refractivity contribution in [3.8, 4) is 5.75 Å². The molecule has 1 aromatic carbocycles. The molecule has 15 heavy (non-hydrogen) atoms. The third-order valence-electron chi connectivity index (χ3n) is 2.01. The maximum Gasteiger partial charge on any atom is 0.259 e. The van der Waals surface area contributed by atoms with Crippen LogP contribution in [0.25, 0.3) is 0 Å². The minimum absolute atomic E-state index is 0.0547. The molecule has 0 aromatic heterocycles. The van der Waals surface area contributed by atoms with Crippen LogP contribution in [0, 0.1) is 0 Å². The van der Waals surface area contributed by atoms with E-state index in [9.17, 15) is 4.79 Å². The number of likely N-dealkylation sites (N-methyl/N-ethyl adjacent to an activating group) is 1. The van der Waals surface area contributed by atoms with Crippen LogP contribution >= 0.6 is 0 Å². The zero-order chi connectivity index (χ0) is 11.3. The van der Waals surface area contributed by atoms with Crippen LogP contribution in [0.5, 0.6) is 5.75 Å². The van der Waals surface area contributed by atoms with Gasteiger partial charge < -0.3 is 15.0 Å². The average molecular weight is 208 g/mol. The van der Waals surface area contributed by atoms with E-state index in [1.54, 1.807) is 14.1 Å². The van der Waals surface area contributed by atoms with Crippen molar-refractivity contribution in [2.75, 3.05) is 33.1 Å². The lowest BCUT2D eigenvalue weighted by atomic mass is 10.3. The van der Waals surface area contributed by atoms with E-state index in [-0.39, 0.29) is 12.5 Å². The van der Waals surface area contributed by atoms with Gasteiger partial charge in [-0.1, -0.05) is 12.1 Å². The fourth-order valence-corrected chi connectivity index (χ4v) is 1.07. The normalized spacial score (nSPS) is 9.53. The van der Waals surface area contributed by atoms with Gasteiger partial charge in [-0.15, -0.1) is 0 Å².